The average molecular weight is 591 g/mol. The third-order valence-corrected chi connectivity index (χ3v) is 9.27. The van der Waals surface area contributed by atoms with E-state index in [4.69, 9.17) is 23.2 Å². The molecule has 0 unspecified atom stereocenters. The number of nitrogens with zero attached hydrogens (tertiary/aromatic N) is 2. The van der Waals surface area contributed by atoms with E-state index in [-0.39, 0.29) is 42.6 Å². The van der Waals surface area contributed by atoms with E-state index >= 15 is 0 Å². The van der Waals surface area contributed by atoms with Gasteiger partial charge in [0.25, 0.3) is 10.0 Å². The lowest BCUT2D eigenvalue weighted by Crippen LogP contribution is -2.53. The second kappa shape index (κ2) is 11.4. The molecule has 0 fully saturated rings. The Morgan fingerprint density at radius 2 is 1.62 bits per heavy atom. The molecule has 0 radical (unpaired) electrons. The van der Waals surface area contributed by atoms with E-state index in [1.807, 2.05) is 45.9 Å². The molecule has 0 aromatic heterocycles. The van der Waals surface area contributed by atoms with E-state index in [1.54, 1.807) is 36.4 Å². The number of anilines is 1. The highest BCUT2D eigenvalue weighted by Gasteiger charge is 2.36. The van der Waals surface area contributed by atoms with E-state index in [1.165, 1.54) is 9.21 Å². The number of hydrogen-bond acceptors (Lipinski definition) is 4. The fraction of sp³-hybridized carbons (Fsp3) is 0.379. The number of hydrogen-bond donors (Lipinski definition) is 1. The van der Waals surface area contributed by atoms with Crippen molar-refractivity contribution >= 4 is 61.5 Å². The molecule has 2 amide bonds. The lowest BCUT2D eigenvalue weighted by Gasteiger charge is -2.33. The van der Waals surface area contributed by atoms with Crippen LogP contribution < -0.4 is 9.62 Å². The molecule has 10 heteroatoms. The maximum absolute atomic E-state index is 13.7. The lowest BCUT2D eigenvalue weighted by atomic mass is 10.0. The van der Waals surface area contributed by atoms with E-state index < -0.39 is 21.6 Å². The average Bonchev–Trinajstić information content (AvgIpc) is 3.07. The Bertz CT molecular complexity index is 1490. The van der Waals surface area contributed by atoms with Crippen molar-refractivity contribution in [2.24, 2.45) is 0 Å². The van der Waals surface area contributed by atoms with Crippen molar-refractivity contribution in [2.45, 2.75) is 70.0 Å². The van der Waals surface area contributed by atoms with Gasteiger partial charge in [-0.3, -0.25) is 13.9 Å². The Labute approximate surface area is 240 Å². The minimum atomic E-state index is -3.72. The van der Waals surface area contributed by atoms with Gasteiger partial charge in [0, 0.05) is 46.0 Å². The Morgan fingerprint density at radius 3 is 2.23 bits per heavy atom. The highest BCUT2D eigenvalue weighted by Crippen LogP contribution is 2.42. The largest absolute Gasteiger partial charge is 0.350 e. The Morgan fingerprint density at radius 1 is 1.00 bits per heavy atom. The summed E-state index contributed by atoms with van der Waals surface area (Å²) in [7, 11) is -3.72. The third kappa shape index (κ3) is 6.03. The van der Waals surface area contributed by atoms with Gasteiger partial charge in [0.2, 0.25) is 11.8 Å². The lowest BCUT2D eigenvalue weighted by molar-refractivity contribution is -0.142. The van der Waals surface area contributed by atoms with Crippen molar-refractivity contribution in [1.29, 1.82) is 0 Å². The summed E-state index contributed by atoms with van der Waals surface area (Å²) < 4.78 is 28.0. The molecule has 3 aromatic carbocycles. The van der Waals surface area contributed by atoms with Gasteiger partial charge >= 0.3 is 0 Å². The van der Waals surface area contributed by atoms with Gasteiger partial charge in [-0.25, -0.2) is 8.42 Å². The number of benzene rings is 3. The summed E-state index contributed by atoms with van der Waals surface area (Å²) in [5.74, 6) is -0.556. The van der Waals surface area contributed by atoms with Crippen LogP contribution in [-0.2, 0) is 26.2 Å². The highest BCUT2D eigenvalue weighted by molar-refractivity contribution is 7.93. The Hall–Kier alpha value is -2.81. The van der Waals surface area contributed by atoms with Gasteiger partial charge in [-0.15, -0.1) is 0 Å². The first-order valence-corrected chi connectivity index (χ1v) is 15.1. The molecule has 1 aliphatic rings. The number of carbonyl (C=O) groups is 2. The van der Waals surface area contributed by atoms with E-state index in [2.05, 4.69) is 5.32 Å². The van der Waals surface area contributed by atoms with Gasteiger partial charge in [0.1, 0.15) is 6.04 Å². The summed E-state index contributed by atoms with van der Waals surface area (Å²) >= 11 is 12.8. The molecule has 7 nitrogen and oxygen atoms in total. The fourth-order valence-electron chi connectivity index (χ4n) is 4.94. The zero-order chi connectivity index (χ0) is 28.5. The molecule has 3 aromatic rings. The van der Waals surface area contributed by atoms with Crippen LogP contribution in [0.4, 0.5) is 5.69 Å². The molecule has 39 heavy (non-hydrogen) atoms. The normalized spacial score (nSPS) is 14.9. The monoisotopic (exact) mass is 589 g/mol. The van der Waals surface area contributed by atoms with Crippen LogP contribution in [0.3, 0.4) is 0 Å². The van der Waals surface area contributed by atoms with Crippen LogP contribution in [0.1, 0.15) is 52.5 Å². The maximum Gasteiger partial charge on any atom is 0.265 e. The van der Waals surface area contributed by atoms with Gasteiger partial charge in [-0.05, 0) is 63.3 Å². The first-order chi connectivity index (χ1) is 18.3. The summed E-state index contributed by atoms with van der Waals surface area (Å²) in [6, 6.07) is 15.1. The zero-order valence-corrected chi connectivity index (χ0v) is 24.8. The Balaban J connectivity index is 1.56. The van der Waals surface area contributed by atoms with Crippen LogP contribution >= 0.6 is 23.2 Å². The molecule has 1 atom stereocenters. The second-order valence-corrected chi connectivity index (χ2v) is 13.3. The van der Waals surface area contributed by atoms with Crippen LogP contribution in [-0.4, -0.2) is 43.3 Å². The van der Waals surface area contributed by atoms with Crippen molar-refractivity contribution in [3.05, 3.63) is 70.2 Å². The molecule has 0 saturated heterocycles. The van der Waals surface area contributed by atoms with Gasteiger partial charge in [-0.1, -0.05) is 60.5 Å². The molecule has 0 aliphatic carbocycles. The fourth-order valence-corrected chi connectivity index (χ4v) is 7.21. The minimum absolute atomic E-state index is 0.0414. The summed E-state index contributed by atoms with van der Waals surface area (Å²) in [4.78, 5) is 28.7. The second-order valence-electron chi connectivity index (χ2n) is 10.7. The zero-order valence-electron chi connectivity index (χ0n) is 22.5. The van der Waals surface area contributed by atoms with Crippen molar-refractivity contribution in [3.63, 3.8) is 0 Å². The smallest absolute Gasteiger partial charge is 0.265 e. The molecule has 4 rings (SSSR count). The molecule has 208 valence electrons. The van der Waals surface area contributed by atoms with Gasteiger partial charge in [-0.2, -0.15) is 0 Å². The molecule has 0 spiro atoms. The van der Waals surface area contributed by atoms with Crippen LogP contribution in [0.5, 0.6) is 0 Å². The first-order valence-electron chi connectivity index (χ1n) is 12.9. The number of nitrogens with one attached hydrogen (secondary N) is 1. The van der Waals surface area contributed by atoms with Crippen LogP contribution in [0.2, 0.25) is 10.0 Å². The quantitative estimate of drug-likeness (QED) is 0.324. The first kappa shape index (κ1) is 29.2. The van der Waals surface area contributed by atoms with Gasteiger partial charge in [0.05, 0.1) is 10.6 Å². The molecule has 1 heterocycles. The third-order valence-electron chi connectivity index (χ3n) is 6.71. The number of halogens is 2. The van der Waals surface area contributed by atoms with Crippen molar-refractivity contribution in [2.75, 3.05) is 10.8 Å². The predicted octanol–water partition coefficient (Wildman–Crippen LogP) is 6.16. The minimum Gasteiger partial charge on any atom is -0.350 e. The molecule has 1 aliphatic heterocycles. The number of sulfonamides is 1. The van der Waals surface area contributed by atoms with Gasteiger partial charge in [0.15, 0.2) is 0 Å². The summed E-state index contributed by atoms with van der Waals surface area (Å²) in [6.07, 6.45) is 0.694. The van der Waals surface area contributed by atoms with Crippen LogP contribution in [0.25, 0.3) is 10.8 Å². The van der Waals surface area contributed by atoms with Crippen molar-refractivity contribution in [1.82, 2.24) is 10.2 Å². The standard InChI is InChI=1S/C29H33Cl2N3O4S/c1-5-23(28(36)32-29(2,3)4)33(18-20-21(30)12-8-13-22(20)31)26(35)16-9-17-34-24-14-6-10-19-11-7-15-25(27(19)24)39(34,37)38/h6-8,10-15,23H,5,9,16-18H2,1-4H3,(H,32,36)/t23-/m0/s1. The number of carbonyl (C=O) groups excluding carboxylic acids is 2. The van der Waals surface area contributed by atoms with Gasteiger partial charge < -0.3 is 10.2 Å². The van der Waals surface area contributed by atoms with E-state index in [0.29, 0.717) is 33.1 Å². The number of rotatable bonds is 9. The molecular formula is C29H33Cl2N3O4S. The Kier molecular flexibility index (Phi) is 8.50. The maximum atomic E-state index is 13.7. The molecular weight excluding hydrogens is 557 g/mol. The summed E-state index contributed by atoms with van der Waals surface area (Å²) in [5.41, 5.74) is 0.688. The molecule has 0 saturated carbocycles. The topological polar surface area (TPSA) is 86.8 Å². The van der Waals surface area contributed by atoms with Crippen LogP contribution in [0, 0.1) is 0 Å². The van der Waals surface area contributed by atoms with Crippen molar-refractivity contribution in [3.8, 4) is 0 Å². The molecule has 1 N–H and O–H groups in total. The summed E-state index contributed by atoms with van der Waals surface area (Å²) in [6.45, 7) is 7.67. The van der Waals surface area contributed by atoms with Crippen molar-refractivity contribution < 1.29 is 18.0 Å². The highest BCUT2D eigenvalue weighted by atomic mass is 35.5. The van der Waals surface area contributed by atoms with Crippen LogP contribution in [0.15, 0.2) is 59.5 Å². The SMILES string of the molecule is CC[C@@H](C(=O)NC(C)(C)C)N(Cc1c(Cl)cccc1Cl)C(=O)CCCN1c2cccc3cccc(c23)S1(=O)=O. The van der Waals surface area contributed by atoms with E-state index in [0.717, 1.165) is 5.39 Å². The molecule has 0 bridgehead atoms. The predicted molar refractivity (Wildman–Crippen MR) is 157 cm³/mol. The van der Waals surface area contributed by atoms with E-state index in [9.17, 15) is 18.0 Å². The number of amides is 2. The summed E-state index contributed by atoms with van der Waals surface area (Å²) in [5, 5.41) is 5.33.